The van der Waals surface area contributed by atoms with Crippen molar-refractivity contribution in [1.29, 1.82) is 0 Å². The number of halogens is 3. The summed E-state index contributed by atoms with van der Waals surface area (Å²) >= 11 is 0. The van der Waals surface area contributed by atoms with Crippen molar-refractivity contribution in [3.63, 3.8) is 0 Å². The monoisotopic (exact) mass is 557 g/mol. The Hall–Kier alpha value is -2.96. The topological polar surface area (TPSA) is 107 Å². The van der Waals surface area contributed by atoms with Gasteiger partial charge in [-0.25, -0.2) is 13.2 Å². The van der Waals surface area contributed by atoms with E-state index >= 15 is 0 Å². The summed E-state index contributed by atoms with van der Waals surface area (Å²) in [7, 11) is -3.85. The first-order valence-corrected chi connectivity index (χ1v) is 13.5. The zero-order valence-electron chi connectivity index (χ0n) is 21.9. The average Bonchev–Trinajstić information content (AvgIpc) is 2.83. The molecule has 1 fully saturated rings. The molecule has 8 nitrogen and oxygen atoms in total. The Labute approximate surface area is 221 Å². The number of amides is 1. The molecule has 1 unspecified atom stereocenters. The van der Waals surface area contributed by atoms with Crippen molar-refractivity contribution in [2.45, 2.75) is 44.7 Å². The van der Waals surface area contributed by atoms with Crippen LogP contribution in [0.3, 0.4) is 0 Å². The van der Waals surface area contributed by atoms with Crippen molar-refractivity contribution in [1.82, 2.24) is 14.5 Å². The number of carbonyl (C=O) groups is 2. The minimum Gasteiger partial charge on any atom is -0.475 e. The molecule has 0 spiro atoms. The highest BCUT2D eigenvalue weighted by Gasteiger charge is 2.38. The van der Waals surface area contributed by atoms with Crippen LogP contribution < -0.4 is 5.32 Å². The van der Waals surface area contributed by atoms with E-state index in [4.69, 9.17) is 9.90 Å². The Morgan fingerprint density at radius 2 is 1.55 bits per heavy atom. The summed E-state index contributed by atoms with van der Waals surface area (Å²) in [6, 6.07) is 13.6. The van der Waals surface area contributed by atoms with Crippen molar-refractivity contribution >= 4 is 21.9 Å². The Bertz CT molecular complexity index is 1190. The van der Waals surface area contributed by atoms with E-state index in [1.165, 1.54) is 4.31 Å². The summed E-state index contributed by atoms with van der Waals surface area (Å²) in [5.74, 6) is -2.95. The van der Waals surface area contributed by atoms with Gasteiger partial charge in [0.15, 0.2) is 0 Å². The second kappa shape index (κ2) is 13.2. The number of carbonyl (C=O) groups excluding carboxylic acids is 1. The van der Waals surface area contributed by atoms with E-state index in [-0.39, 0.29) is 24.9 Å². The lowest BCUT2D eigenvalue weighted by Gasteiger charge is -2.31. The highest BCUT2D eigenvalue weighted by molar-refractivity contribution is 7.89. The predicted molar refractivity (Wildman–Crippen MR) is 137 cm³/mol. The van der Waals surface area contributed by atoms with Crippen LogP contribution in [0.4, 0.5) is 13.2 Å². The summed E-state index contributed by atoms with van der Waals surface area (Å²) < 4.78 is 60.7. The lowest BCUT2D eigenvalue weighted by Crippen LogP contribution is -2.50. The number of aryl methyl sites for hydroxylation is 3. The minimum absolute atomic E-state index is 0.0436. The smallest absolute Gasteiger partial charge is 0.475 e. The number of sulfonamides is 1. The van der Waals surface area contributed by atoms with Crippen molar-refractivity contribution < 1.29 is 36.3 Å². The van der Waals surface area contributed by atoms with E-state index in [9.17, 15) is 26.4 Å². The van der Waals surface area contributed by atoms with Crippen molar-refractivity contribution in [2.24, 2.45) is 0 Å². The number of aliphatic carboxylic acids is 1. The standard InChI is InChI=1S/C24H33N3O3S.C2HF3O2/c1-18-14-19(2)24(20(3)15-18)31(29,30)27(16-21(4)22-8-6-5-7-9-22)17-23(28)26-12-10-25-11-13-26;3-2(4,5)1(6)7/h5-9,14-15,21,25H,10-13,16-17H2,1-4H3;(H,6,7). The number of rotatable bonds is 7. The molecule has 210 valence electrons. The number of carboxylic acid groups (broad SMARTS) is 1. The second-order valence-electron chi connectivity index (χ2n) is 9.27. The van der Waals surface area contributed by atoms with Crippen LogP contribution in [0.5, 0.6) is 0 Å². The molecule has 1 aliphatic heterocycles. The van der Waals surface area contributed by atoms with Gasteiger partial charge in [-0.05, 0) is 43.4 Å². The maximum atomic E-state index is 13.8. The molecule has 0 radical (unpaired) electrons. The van der Waals surface area contributed by atoms with Gasteiger partial charge in [0.2, 0.25) is 15.9 Å². The summed E-state index contributed by atoms with van der Waals surface area (Å²) in [6.07, 6.45) is -5.08. The lowest BCUT2D eigenvalue weighted by molar-refractivity contribution is -0.192. The second-order valence-corrected chi connectivity index (χ2v) is 11.1. The number of piperazine rings is 1. The van der Waals surface area contributed by atoms with Crippen LogP contribution in [0, 0.1) is 20.8 Å². The van der Waals surface area contributed by atoms with E-state index in [1.54, 1.807) is 4.90 Å². The molecule has 1 heterocycles. The van der Waals surface area contributed by atoms with Gasteiger partial charge in [-0.3, -0.25) is 4.79 Å². The summed E-state index contributed by atoms with van der Waals surface area (Å²) in [5.41, 5.74) is 3.50. The fourth-order valence-corrected chi connectivity index (χ4v) is 6.20. The first kappa shape index (κ1) is 31.3. The third-order valence-electron chi connectivity index (χ3n) is 6.07. The zero-order valence-corrected chi connectivity index (χ0v) is 22.7. The van der Waals surface area contributed by atoms with E-state index in [0.29, 0.717) is 29.1 Å². The fraction of sp³-hybridized carbons (Fsp3) is 0.462. The fourth-order valence-electron chi connectivity index (χ4n) is 4.31. The van der Waals surface area contributed by atoms with Crippen molar-refractivity contribution in [3.05, 3.63) is 64.7 Å². The molecule has 38 heavy (non-hydrogen) atoms. The Balaban J connectivity index is 0.000000638. The van der Waals surface area contributed by atoms with Crippen molar-refractivity contribution in [2.75, 3.05) is 39.3 Å². The minimum atomic E-state index is -5.08. The van der Waals surface area contributed by atoms with Gasteiger partial charge in [0, 0.05) is 32.7 Å². The van der Waals surface area contributed by atoms with E-state index in [2.05, 4.69) is 5.32 Å². The van der Waals surface area contributed by atoms with Crippen LogP contribution in [0.15, 0.2) is 47.4 Å². The summed E-state index contributed by atoms with van der Waals surface area (Å²) in [4.78, 5) is 24.0. The van der Waals surface area contributed by atoms with E-state index in [1.807, 2.05) is 70.2 Å². The van der Waals surface area contributed by atoms with Crippen LogP contribution in [0.1, 0.15) is 35.1 Å². The Kier molecular flexibility index (Phi) is 10.9. The van der Waals surface area contributed by atoms with Gasteiger partial charge in [0.05, 0.1) is 11.4 Å². The SMILES string of the molecule is Cc1cc(C)c(S(=O)(=O)N(CC(=O)N2CCNCC2)CC(C)c2ccccc2)c(C)c1.O=C(O)C(F)(F)F. The van der Waals surface area contributed by atoms with Gasteiger partial charge < -0.3 is 15.3 Å². The third kappa shape index (κ3) is 8.53. The molecule has 0 saturated carbocycles. The van der Waals surface area contributed by atoms with E-state index < -0.39 is 22.2 Å². The maximum Gasteiger partial charge on any atom is 0.490 e. The number of nitrogens with one attached hydrogen (secondary N) is 1. The first-order valence-electron chi connectivity index (χ1n) is 12.1. The number of benzene rings is 2. The van der Waals surface area contributed by atoms with Crippen LogP contribution in [0.25, 0.3) is 0 Å². The molecule has 2 aromatic rings. The van der Waals surface area contributed by atoms with Gasteiger partial charge in [0.1, 0.15) is 0 Å². The molecular formula is C26H34F3N3O5S. The molecule has 0 aliphatic carbocycles. The molecule has 3 rings (SSSR count). The van der Waals surface area contributed by atoms with Crippen LogP contribution in [0.2, 0.25) is 0 Å². The third-order valence-corrected chi connectivity index (χ3v) is 8.19. The number of carboxylic acids is 1. The normalized spacial score (nSPS) is 15.0. The first-order chi connectivity index (χ1) is 17.6. The zero-order chi connectivity index (χ0) is 28.7. The number of hydrogen-bond acceptors (Lipinski definition) is 5. The Morgan fingerprint density at radius 1 is 1.05 bits per heavy atom. The molecule has 1 aliphatic rings. The van der Waals surface area contributed by atoms with Crippen LogP contribution in [-0.2, 0) is 19.6 Å². The molecule has 0 bridgehead atoms. The molecule has 0 aromatic heterocycles. The molecule has 12 heteroatoms. The van der Waals surface area contributed by atoms with Gasteiger partial charge in [-0.15, -0.1) is 0 Å². The quantitative estimate of drug-likeness (QED) is 0.540. The molecular weight excluding hydrogens is 523 g/mol. The summed E-state index contributed by atoms with van der Waals surface area (Å²) in [6.45, 7) is 10.4. The van der Waals surface area contributed by atoms with E-state index in [0.717, 1.165) is 24.2 Å². The molecule has 1 amide bonds. The number of alkyl halides is 3. The number of nitrogens with zero attached hydrogens (tertiary/aromatic N) is 2. The molecule has 2 aromatic carbocycles. The molecule has 2 N–H and O–H groups in total. The maximum absolute atomic E-state index is 13.8. The molecule has 1 saturated heterocycles. The highest BCUT2D eigenvalue weighted by atomic mass is 32.2. The highest BCUT2D eigenvalue weighted by Crippen LogP contribution is 2.27. The van der Waals surface area contributed by atoms with Gasteiger partial charge in [-0.1, -0.05) is 55.0 Å². The molecule has 1 atom stereocenters. The lowest BCUT2D eigenvalue weighted by atomic mass is 10.0. The number of hydrogen-bond donors (Lipinski definition) is 2. The Morgan fingerprint density at radius 3 is 2.03 bits per heavy atom. The predicted octanol–water partition coefficient (Wildman–Crippen LogP) is 3.47. The van der Waals surface area contributed by atoms with Gasteiger partial charge in [-0.2, -0.15) is 17.5 Å². The van der Waals surface area contributed by atoms with Crippen LogP contribution in [-0.4, -0.2) is 80.1 Å². The van der Waals surface area contributed by atoms with Crippen molar-refractivity contribution in [3.8, 4) is 0 Å². The average molecular weight is 558 g/mol. The largest absolute Gasteiger partial charge is 0.490 e. The van der Waals surface area contributed by atoms with Gasteiger partial charge in [0.25, 0.3) is 0 Å². The van der Waals surface area contributed by atoms with Crippen LogP contribution >= 0.6 is 0 Å². The van der Waals surface area contributed by atoms with Gasteiger partial charge >= 0.3 is 12.1 Å². The summed E-state index contributed by atoms with van der Waals surface area (Å²) in [5, 5.41) is 10.4.